The third-order valence-electron chi connectivity index (χ3n) is 5.71. The molecule has 0 fully saturated rings. The quantitative estimate of drug-likeness (QED) is 0.263. The number of thiophene rings is 1. The van der Waals surface area contributed by atoms with E-state index < -0.39 is 0 Å². The van der Waals surface area contributed by atoms with Crippen molar-refractivity contribution in [2.75, 3.05) is 0 Å². The maximum Gasteiger partial charge on any atom is 0.251 e. The Balaban J connectivity index is 1.33. The number of hydrogen-bond acceptors (Lipinski definition) is 4. The first kappa shape index (κ1) is 22.6. The van der Waals surface area contributed by atoms with Gasteiger partial charge in [-0.15, -0.1) is 0 Å². The van der Waals surface area contributed by atoms with Crippen molar-refractivity contribution in [1.29, 1.82) is 0 Å². The lowest BCUT2D eigenvalue weighted by Gasteiger charge is -2.13. The lowest BCUT2D eigenvalue weighted by atomic mass is 9.97. The SMILES string of the molecule is O=C(NCc1cccnc1)c1ccc(-c2cscc2-c2ccccc2OCc2ccccc2)cc1. The van der Waals surface area contributed by atoms with Crippen molar-refractivity contribution in [3.05, 3.63) is 131 Å². The van der Waals surface area contributed by atoms with E-state index in [0.29, 0.717) is 18.7 Å². The molecule has 0 spiro atoms. The van der Waals surface area contributed by atoms with Crippen molar-refractivity contribution in [3.8, 4) is 28.0 Å². The molecular weight excluding hydrogens is 452 g/mol. The van der Waals surface area contributed by atoms with Gasteiger partial charge in [-0.3, -0.25) is 9.78 Å². The Morgan fingerprint density at radius 3 is 2.31 bits per heavy atom. The number of aromatic nitrogens is 1. The molecule has 0 saturated carbocycles. The van der Waals surface area contributed by atoms with Gasteiger partial charge < -0.3 is 10.1 Å². The molecule has 0 saturated heterocycles. The van der Waals surface area contributed by atoms with Crippen LogP contribution in [0.15, 0.2) is 114 Å². The van der Waals surface area contributed by atoms with E-state index in [4.69, 9.17) is 4.74 Å². The van der Waals surface area contributed by atoms with E-state index in [-0.39, 0.29) is 5.91 Å². The Labute approximate surface area is 208 Å². The minimum absolute atomic E-state index is 0.106. The molecule has 2 heterocycles. The van der Waals surface area contributed by atoms with Gasteiger partial charge >= 0.3 is 0 Å². The standard InChI is InChI=1S/C30H24N2O2S/c33-30(32-18-23-9-6-16-31-17-23)25-14-12-24(13-15-25)27-20-35-21-28(27)26-10-4-5-11-29(26)34-19-22-7-2-1-3-8-22/h1-17,20-21H,18-19H2,(H,32,33). The number of nitrogens with one attached hydrogen (secondary N) is 1. The summed E-state index contributed by atoms with van der Waals surface area (Å²) >= 11 is 1.65. The van der Waals surface area contributed by atoms with Crippen molar-refractivity contribution in [2.45, 2.75) is 13.2 Å². The zero-order valence-electron chi connectivity index (χ0n) is 19.1. The third kappa shape index (κ3) is 5.48. The van der Waals surface area contributed by atoms with Gasteiger partial charge in [-0.2, -0.15) is 11.3 Å². The number of benzene rings is 3. The first-order valence-electron chi connectivity index (χ1n) is 11.4. The molecule has 1 amide bonds. The van der Waals surface area contributed by atoms with Crippen LogP contribution in [0.3, 0.4) is 0 Å². The summed E-state index contributed by atoms with van der Waals surface area (Å²) in [7, 11) is 0. The molecule has 3 aromatic carbocycles. The summed E-state index contributed by atoms with van der Waals surface area (Å²) in [5.74, 6) is 0.744. The van der Waals surface area contributed by atoms with Crippen molar-refractivity contribution < 1.29 is 9.53 Å². The number of para-hydroxylation sites is 1. The molecule has 0 aliphatic carbocycles. The second-order valence-corrected chi connectivity index (χ2v) is 8.83. The normalized spacial score (nSPS) is 10.6. The minimum atomic E-state index is -0.106. The van der Waals surface area contributed by atoms with Gasteiger partial charge in [-0.25, -0.2) is 0 Å². The molecule has 0 unspecified atom stereocenters. The zero-order chi connectivity index (χ0) is 23.9. The molecule has 1 N–H and O–H groups in total. The van der Waals surface area contributed by atoms with Crippen LogP contribution in [0.2, 0.25) is 0 Å². The van der Waals surface area contributed by atoms with Gasteiger partial charge in [0.15, 0.2) is 0 Å². The van der Waals surface area contributed by atoms with Crippen LogP contribution in [0.4, 0.5) is 0 Å². The van der Waals surface area contributed by atoms with E-state index in [1.165, 1.54) is 0 Å². The van der Waals surface area contributed by atoms with E-state index in [9.17, 15) is 4.79 Å². The summed E-state index contributed by atoms with van der Waals surface area (Å²) in [4.78, 5) is 16.7. The highest BCUT2D eigenvalue weighted by Crippen LogP contribution is 2.40. The molecular formula is C30H24N2O2S. The lowest BCUT2D eigenvalue weighted by Crippen LogP contribution is -2.22. The zero-order valence-corrected chi connectivity index (χ0v) is 19.9. The average Bonchev–Trinajstić information content (AvgIpc) is 3.42. The number of rotatable bonds is 8. The van der Waals surface area contributed by atoms with Crippen LogP contribution in [-0.4, -0.2) is 10.9 Å². The van der Waals surface area contributed by atoms with Crippen molar-refractivity contribution in [1.82, 2.24) is 10.3 Å². The molecule has 5 rings (SSSR count). The fraction of sp³-hybridized carbons (Fsp3) is 0.0667. The highest BCUT2D eigenvalue weighted by Gasteiger charge is 2.14. The van der Waals surface area contributed by atoms with Gasteiger partial charge in [0.2, 0.25) is 0 Å². The van der Waals surface area contributed by atoms with Crippen LogP contribution in [0, 0.1) is 0 Å². The maximum absolute atomic E-state index is 12.6. The topological polar surface area (TPSA) is 51.2 Å². The fourth-order valence-electron chi connectivity index (χ4n) is 3.87. The molecule has 4 nitrogen and oxygen atoms in total. The smallest absolute Gasteiger partial charge is 0.251 e. The molecule has 0 radical (unpaired) electrons. The second kappa shape index (κ2) is 10.8. The van der Waals surface area contributed by atoms with Crippen molar-refractivity contribution >= 4 is 17.2 Å². The summed E-state index contributed by atoms with van der Waals surface area (Å²) < 4.78 is 6.20. The number of carbonyl (C=O) groups is 1. The Kier molecular flexibility index (Phi) is 6.97. The molecule has 35 heavy (non-hydrogen) atoms. The number of pyridine rings is 1. The van der Waals surface area contributed by atoms with Crippen molar-refractivity contribution in [3.63, 3.8) is 0 Å². The molecule has 0 atom stereocenters. The van der Waals surface area contributed by atoms with Gasteiger partial charge in [0.25, 0.3) is 5.91 Å². The molecule has 172 valence electrons. The van der Waals surface area contributed by atoms with Gasteiger partial charge in [0.1, 0.15) is 12.4 Å². The Morgan fingerprint density at radius 1 is 0.771 bits per heavy atom. The minimum Gasteiger partial charge on any atom is -0.488 e. The highest BCUT2D eigenvalue weighted by atomic mass is 32.1. The average molecular weight is 477 g/mol. The van der Waals surface area contributed by atoms with E-state index >= 15 is 0 Å². The fourth-order valence-corrected chi connectivity index (χ4v) is 4.72. The molecule has 2 aromatic heterocycles. The molecule has 0 aliphatic heterocycles. The van der Waals surface area contributed by atoms with Crippen LogP contribution in [-0.2, 0) is 13.2 Å². The van der Waals surface area contributed by atoms with Crippen LogP contribution in [0.1, 0.15) is 21.5 Å². The first-order chi connectivity index (χ1) is 17.3. The Hall–Kier alpha value is -4.22. The van der Waals surface area contributed by atoms with Gasteiger partial charge in [0.05, 0.1) is 0 Å². The summed E-state index contributed by atoms with van der Waals surface area (Å²) in [6.07, 6.45) is 3.47. The van der Waals surface area contributed by atoms with Crippen LogP contribution < -0.4 is 10.1 Å². The molecule has 5 aromatic rings. The first-order valence-corrected chi connectivity index (χ1v) is 12.3. The summed E-state index contributed by atoms with van der Waals surface area (Å²) in [5, 5.41) is 7.24. The summed E-state index contributed by atoms with van der Waals surface area (Å²) in [5.41, 5.74) is 7.07. The van der Waals surface area contributed by atoms with Gasteiger partial charge in [-0.05, 0) is 51.7 Å². The number of nitrogens with zero attached hydrogens (tertiary/aromatic N) is 1. The van der Waals surface area contributed by atoms with Crippen LogP contribution in [0.25, 0.3) is 22.3 Å². The van der Waals surface area contributed by atoms with E-state index in [1.807, 2.05) is 72.8 Å². The molecule has 0 aliphatic rings. The van der Waals surface area contributed by atoms with Crippen LogP contribution >= 0.6 is 11.3 Å². The Bertz CT molecular complexity index is 1400. The number of hydrogen-bond donors (Lipinski definition) is 1. The van der Waals surface area contributed by atoms with E-state index in [0.717, 1.165) is 39.1 Å². The van der Waals surface area contributed by atoms with Crippen molar-refractivity contribution in [2.24, 2.45) is 0 Å². The summed E-state index contributed by atoms with van der Waals surface area (Å²) in [6.45, 7) is 0.961. The number of carbonyl (C=O) groups excluding carboxylic acids is 1. The Morgan fingerprint density at radius 2 is 1.51 bits per heavy atom. The van der Waals surface area contributed by atoms with Crippen LogP contribution in [0.5, 0.6) is 5.75 Å². The molecule has 5 heteroatoms. The highest BCUT2D eigenvalue weighted by molar-refractivity contribution is 7.08. The van der Waals surface area contributed by atoms with E-state index in [2.05, 4.69) is 39.3 Å². The monoisotopic (exact) mass is 476 g/mol. The van der Waals surface area contributed by atoms with E-state index in [1.54, 1.807) is 23.7 Å². The second-order valence-electron chi connectivity index (χ2n) is 8.09. The number of ether oxygens (including phenoxy) is 1. The molecule has 0 bridgehead atoms. The predicted molar refractivity (Wildman–Crippen MR) is 141 cm³/mol. The maximum atomic E-state index is 12.6. The summed E-state index contributed by atoms with van der Waals surface area (Å²) in [6, 6.07) is 29.8. The van der Waals surface area contributed by atoms with Gasteiger partial charge in [0, 0.05) is 41.2 Å². The third-order valence-corrected chi connectivity index (χ3v) is 6.45. The predicted octanol–water partition coefficient (Wildman–Crippen LogP) is 6.99. The lowest BCUT2D eigenvalue weighted by molar-refractivity contribution is 0.0951. The van der Waals surface area contributed by atoms with Gasteiger partial charge in [-0.1, -0.05) is 66.7 Å². The number of amides is 1. The largest absolute Gasteiger partial charge is 0.488 e.